The maximum atomic E-state index is 2.49. The topological polar surface area (TPSA) is 8.17 Å². The van der Waals surface area contributed by atoms with Gasteiger partial charge in [-0.2, -0.15) is 0 Å². The summed E-state index contributed by atoms with van der Waals surface area (Å²) in [6.07, 6.45) is 0. The molecule has 0 saturated carbocycles. The zero-order valence-corrected chi connectivity index (χ0v) is 31.7. The molecule has 266 valence electrons. The van der Waals surface area contributed by atoms with Crippen LogP contribution in [0.15, 0.2) is 206 Å². The summed E-state index contributed by atoms with van der Waals surface area (Å²) in [5, 5.41) is 12.5. The minimum atomic E-state index is 1.12. The van der Waals surface area contributed by atoms with Crippen LogP contribution in [0, 0.1) is 0 Å². The molecule has 0 amide bonds. The van der Waals surface area contributed by atoms with Crippen molar-refractivity contribution in [3.05, 3.63) is 206 Å². The molecule has 0 aliphatic rings. The Hall–Kier alpha value is -7.20. The van der Waals surface area contributed by atoms with Crippen molar-refractivity contribution in [1.82, 2.24) is 4.57 Å². The van der Waals surface area contributed by atoms with Crippen LogP contribution in [0.4, 0.5) is 17.1 Å². The Morgan fingerprint density at radius 3 is 1.74 bits per heavy atom. The fourth-order valence-corrected chi connectivity index (χ4v) is 10.1. The van der Waals surface area contributed by atoms with Crippen LogP contribution < -0.4 is 4.90 Å². The van der Waals surface area contributed by atoms with Crippen molar-refractivity contribution in [2.45, 2.75) is 0 Å². The van der Waals surface area contributed by atoms with E-state index in [0.717, 1.165) is 17.1 Å². The lowest BCUT2D eigenvalue weighted by molar-refractivity contribution is 1.18. The van der Waals surface area contributed by atoms with Gasteiger partial charge in [0.05, 0.1) is 16.7 Å². The molecule has 2 heterocycles. The van der Waals surface area contributed by atoms with Crippen molar-refractivity contribution in [3.8, 4) is 16.8 Å². The first-order valence-corrected chi connectivity index (χ1v) is 20.3. The Morgan fingerprint density at radius 2 is 0.947 bits per heavy atom. The molecule has 0 aliphatic heterocycles. The number of thiophene rings is 1. The number of nitrogens with zero attached hydrogens (tertiary/aromatic N) is 2. The zero-order valence-electron chi connectivity index (χ0n) is 30.9. The van der Waals surface area contributed by atoms with Crippen LogP contribution in [-0.4, -0.2) is 4.57 Å². The second-order valence-electron chi connectivity index (χ2n) is 15.0. The molecule has 2 aromatic heterocycles. The lowest BCUT2D eigenvalue weighted by Crippen LogP contribution is -2.10. The summed E-state index contributed by atoms with van der Waals surface area (Å²) >= 11 is 1.88. The molecule has 10 aromatic carbocycles. The highest BCUT2D eigenvalue weighted by molar-refractivity contribution is 7.26. The van der Waals surface area contributed by atoms with Crippen molar-refractivity contribution in [1.29, 1.82) is 0 Å². The van der Waals surface area contributed by atoms with E-state index in [0.29, 0.717) is 0 Å². The third kappa shape index (κ3) is 5.17. The van der Waals surface area contributed by atoms with Crippen LogP contribution >= 0.6 is 11.3 Å². The van der Waals surface area contributed by atoms with E-state index in [4.69, 9.17) is 0 Å². The van der Waals surface area contributed by atoms with Crippen molar-refractivity contribution in [2.24, 2.45) is 0 Å². The van der Waals surface area contributed by atoms with Crippen molar-refractivity contribution in [3.63, 3.8) is 0 Å². The van der Waals surface area contributed by atoms with E-state index in [1.165, 1.54) is 91.1 Å². The van der Waals surface area contributed by atoms with E-state index >= 15 is 0 Å². The molecule has 12 rings (SSSR count). The summed E-state index contributed by atoms with van der Waals surface area (Å²) in [4.78, 5) is 2.49. The second-order valence-corrected chi connectivity index (χ2v) is 16.1. The fourth-order valence-electron chi connectivity index (χ4n) is 8.98. The second kappa shape index (κ2) is 12.7. The molecule has 57 heavy (non-hydrogen) atoms. The standard InChI is InChI=1S/C54H34N2S/c1-3-12-35(13-4-1)40-22-23-42-29-44(25-24-41(42)28-40)55(50-20-11-21-52-54(50)48-31-37-15-8-10-17-39(37)33-53(48)57-52)45-26-27-49-47(34-45)46-30-36-14-7-9-16-38(36)32-51(46)56(49)43-18-5-2-6-19-43/h1-34H. The van der Waals surface area contributed by atoms with Crippen molar-refractivity contribution >= 4 is 103 Å². The summed E-state index contributed by atoms with van der Waals surface area (Å²) in [6.45, 7) is 0. The molecule has 2 nitrogen and oxygen atoms in total. The first-order valence-electron chi connectivity index (χ1n) is 19.5. The molecule has 12 aromatic rings. The van der Waals surface area contributed by atoms with E-state index in [1.807, 2.05) is 11.3 Å². The predicted octanol–water partition coefficient (Wildman–Crippen LogP) is 15.7. The van der Waals surface area contributed by atoms with Crippen LogP contribution in [0.2, 0.25) is 0 Å². The number of rotatable bonds is 5. The lowest BCUT2D eigenvalue weighted by atomic mass is 10.00. The number of fused-ring (bicyclic) bond motifs is 9. The molecule has 0 aliphatic carbocycles. The quantitative estimate of drug-likeness (QED) is 0.170. The van der Waals surface area contributed by atoms with Gasteiger partial charge >= 0.3 is 0 Å². The SMILES string of the molecule is c1ccc(-c2ccc3cc(N(c4ccc5c(c4)c4cc6ccccc6cc4n5-c4ccccc4)c4cccc5sc6cc7ccccc7cc6c45)ccc3c2)cc1. The number of benzene rings is 10. The van der Waals surface area contributed by atoms with E-state index in [2.05, 4.69) is 216 Å². The largest absolute Gasteiger partial charge is 0.310 e. The first kappa shape index (κ1) is 32.1. The van der Waals surface area contributed by atoms with Gasteiger partial charge in [0.25, 0.3) is 0 Å². The maximum Gasteiger partial charge on any atom is 0.0554 e. The Morgan fingerprint density at radius 1 is 0.351 bits per heavy atom. The highest BCUT2D eigenvalue weighted by atomic mass is 32.1. The number of hydrogen-bond donors (Lipinski definition) is 0. The minimum absolute atomic E-state index is 1.12. The number of para-hydroxylation sites is 1. The van der Waals surface area contributed by atoms with Gasteiger partial charge in [-0.3, -0.25) is 0 Å². The van der Waals surface area contributed by atoms with Crippen LogP contribution in [0.1, 0.15) is 0 Å². The molecule has 0 fully saturated rings. The Balaban J connectivity index is 1.13. The van der Waals surface area contributed by atoms with Gasteiger partial charge in [-0.25, -0.2) is 0 Å². The Kier molecular flexibility index (Phi) is 7.13. The van der Waals surface area contributed by atoms with Gasteiger partial charge in [0, 0.05) is 48.0 Å². The highest BCUT2D eigenvalue weighted by Crippen LogP contribution is 2.47. The molecule has 0 atom stereocenters. The number of hydrogen-bond acceptors (Lipinski definition) is 2. The molecule has 0 radical (unpaired) electrons. The van der Waals surface area contributed by atoms with Gasteiger partial charge in [-0.1, -0.05) is 121 Å². The molecular weight excluding hydrogens is 709 g/mol. The van der Waals surface area contributed by atoms with Gasteiger partial charge in [0.15, 0.2) is 0 Å². The Bertz CT molecular complexity index is 3520. The van der Waals surface area contributed by atoms with Gasteiger partial charge in [0.1, 0.15) is 0 Å². The van der Waals surface area contributed by atoms with Crippen molar-refractivity contribution < 1.29 is 0 Å². The van der Waals surface area contributed by atoms with Gasteiger partial charge in [-0.15, -0.1) is 11.3 Å². The maximum absolute atomic E-state index is 2.49. The molecule has 0 unspecified atom stereocenters. The van der Waals surface area contributed by atoms with Crippen molar-refractivity contribution in [2.75, 3.05) is 4.90 Å². The number of anilines is 3. The molecule has 0 N–H and O–H groups in total. The summed E-state index contributed by atoms with van der Waals surface area (Å²) in [5.74, 6) is 0. The van der Waals surface area contributed by atoms with E-state index < -0.39 is 0 Å². The summed E-state index contributed by atoms with van der Waals surface area (Å²) in [5.41, 5.74) is 9.42. The molecule has 0 spiro atoms. The zero-order chi connectivity index (χ0) is 37.5. The third-order valence-electron chi connectivity index (χ3n) is 11.7. The van der Waals surface area contributed by atoms with Gasteiger partial charge in [0.2, 0.25) is 0 Å². The lowest BCUT2D eigenvalue weighted by Gasteiger charge is -2.27. The molecular formula is C54H34N2S. The van der Waals surface area contributed by atoms with E-state index in [9.17, 15) is 0 Å². The molecule has 0 saturated heterocycles. The summed E-state index contributed by atoms with van der Waals surface area (Å²) in [6, 6.07) is 75.9. The third-order valence-corrected chi connectivity index (χ3v) is 12.8. The molecule has 0 bridgehead atoms. The Labute approximate surface area is 333 Å². The molecule has 3 heteroatoms. The first-order chi connectivity index (χ1) is 28.2. The minimum Gasteiger partial charge on any atom is -0.310 e. The fraction of sp³-hybridized carbons (Fsp3) is 0. The summed E-state index contributed by atoms with van der Waals surface area (Å²) < 4.78 is 5.00. The van der Waals surface area contributed by atoms with Crippen LogP contribution in [0.5, 0.6) is 0 Å². The van der Waals surface area contributed by atoms with Crippen LogP contribution in [0.3, 0.4) is 0 Å². The van der Waals surface area contributed by atoms with Crippen LogP contribution in [-0.2, 0) is 0 Å². The highest BCUT2D eigenvalue weighted by Gasteiger charge is 2.22. The smallest absolute Gasteiger partial charge is 0.0554 e. The average Bonchev–Trinajstić information content (AvgIpc) is 3.79. The van der Waals surface area contributed by atoms with E-state index in [1.54, 1.807) is 0 Å². The van der Waals surface area contributed by atoms with Crippen LogP contribution in [0.25, 0.3) is 91.1 Å². The van der Waals surface area contributed by atoms with E-state index in [-0.39, 0.29) is 0 Å². The monoisotopic (exact) mass is 742 g/mol. The number of aromatic nitrogens is 1. The van der Waals surface area contributed by atoms with Gasteiger partial charge < -0.3 is 9.47 Å². The normalized spacial score (nSPS) is 11.9. The average molecular weight is 743 g/mol. The van der Waals surface area contributed by atoms with Gasteiger partial charge in [-0.05, 0) is 128 Å². The summed E-state index contributed by atoms with van der Waals surface area (Å²) in [7, 11) is 0. The predicted molar refractivity (Wildman–Crippen MR) is 246 cm³/mol.